The first kappa shape index (κ1) is 22.8. The maximum atomic E-state index is 12.8. The topological polar surface area (TPSA) is 86.8 Å². The van der Waals surface area contributed by atoms with Crippen molar-refractivity contribution in [3.63, 3.8) is 0 Å². The summed E-state index contributed by atoms with van der Waals surface area (Å²) >= 11 is 6.08. The first-order chi connectivity index (χ1) is 15.9. The average Bonchev–Trinajstić information content (AvgIpc) is 2.81. The smallest absolute Gasteiger partial charge is 0.321 e. The van der Waals surface area contributed by atoms with Gasteiger partial charge < -0.3 is 15.4 Å². The summed E-state index contributed by atoms with van der Waals surface area (Å²) in [5, 5.41) is 6.99. The SMILES string of the molecule is CNC(=O)N(C)c1c2c(nc3ccccc13)CCN(CC(=O)Nc1cc(Cl)ccc1OC)C2. The van der Waals surface area contributed by atoms with Crippen molar-refractivity contribution in [3.8, 4) is 5.75 Å². The second-order valence-corrected chi connectivity index (χ2v) is 8.31. The van der Waals surface area contributed by atoms with Crippen molar-refractivity contribution in [2.45, 2.75) is 13.0 Å². The van der Waals surface area contributed by atoms with Crippen molar-refractivity contribution in [2.24, 2.45) is 0 Å². The lowest BCUT2D eigenvalue weighted by Crippen LogP contribution is -2.40. The molecule has 33 heavy (non-hydrogen) atoms. The molecule has 0 saturated heterocycles. The number of halogens is 1. The van der Waals surface area contributed by atoms with Crippen LogP contribution < -0.4 is 20.3 Å². The molecule has 8 nitrogen and oxygen atoms in total. The Morgan fingerprint density at radius 3 is 2.79 bits per heavy atom. The average molecular weight is 468 g/mol. The second-order valence-electron chi connectivity index (χ2n) is 7.87. The van der Waals surface area contributed by atoms with Crippen LogP contribution in [0, 0.1) is 0 Å². The Hall–Kier alpha value is -3.36. The van der Waals surface area contributed by atoms with E-state index in [4.69, 9.17) is 21.3 Å². The van der Waals surface area contributed by atoms with Crippen LogP contribution in [0.15, 0.2) is 42.5 Å². The van der Waals surface area contributed by atoms with Crippen LogP contribution >= 0.6 is 11.6 Å². The van der Waals surface area contributed by atoms with Crippen LogP contribution in [0.2, 0.25) is 5.02 Å². The van der Waals surface area contributed by atoms with Gasteiger partial charge in [-0.1, -0.05) is 29.8 Å². The third-order valence-electron chi connectivity index (χ3n) is 5.75. The van der Waals surface area contributed by atoms with Crippen molar-refractivity contribution in [2.75, 3.05) is 44.5 Å². The van der Waals surface area contributed by atoms with E-state index in [-0.39, 0.29) is 18.5 Å². The highest BCUT2D eigenvalue weighted by Gasteiger charge is 2.27. The Morgan fingerprint density at radius 2 is 2.03 bits per heavy atom. The number of rotatable bonds is 5. The summed E-state index contributed by atoms with van der Waals surface area (Å²) in [6, 6.07) is 12.7. The Kier molecular flexibility index (Phi) is 6.67. The fraction of sp³-hybridized carbons (Fsp3) is 0.292. The number of hydrogen-bond acceptors (Lipinski definition) is 5. The molecule has 2 heterocycles. The van der Waals surface area contributed by atoms with Gasteiger partial charge in [-0.3, -0.25) is 19.6 Å². The number of methoxy groups -OCH3 is 1. The number of urea groups is 1. The summed E-state index contributed by atoms with van der Waals surface area (Å²) in [5.74, 6) is 0.371. The Morgan fingerprint density at radius 1 is 1.24 bits per heavy atom. The molecule has 2 aromatic carbocycles. The number of benzene rings is 2. The van der Waals surface area contributed by atoms with Crippen LogP contribution in [0.25, 0.3) is 10.9 Å². The first-order valence-corrected chi connectivity index (χ1v) is 11.0. The predicted octanol–water partition coefficient (Wildman–Crippen LogP) is 3.67. The Balaban J connectivity index is 1.60. The van der Waals surface area contributed by atoms with E-state index in [1.54, 1.807) is 44.3 Å². The summed E-state index contributed by atoms with van der Waals surface area (Å²) in [4.78, 5) is 33.8. The van der Waals surface area contributed by atoms with Crippen LogP contribution in [-0.2, 0) is 17.8 Å². The zero-order valence-electron chi connectivity index (χ0n) is 18.8. The Bertz CT molecular complexity index is 1220. The molecule has 0 unspecified atom stereocenters. The number of fused-ring (bicyclic) bond motifs is 2. The maximum Gasteiger partial charge on any atom is 0.321 e. The number of ether oxygens (including phenoxy) is 1. The van der Waals surface area contributed by atoms with Crippen LogP contribution in [-0.4, -0.2) is 56.1 Å². The molecule has 0 atom stereocenters. The van der Waals surface area contributed by atoms with Gasteiger partial charge in [-0.15, -0.1) is 0 Å². The van der Waals surface area contributed by atoms with Crippen molar-refractivity contribution in [3.05, 3.63) is 58.7 Å². The second kappa shape index (κ2) is 9.64. The number of amides is 3. The fourth-order valence-corrected chi connectivity index (χ4v) is 4.35. The fourth-order valence-electron chi connectivity index (χ4n) is 4.18. The van der Waals surface area contributed by atoms with Crippen LogP contribution in [0.1, 0.15) is 11.3 Å². The lowest BCUT2D eigenvalue weighted by Gasteiger charge is -2.32. The molecular weight excluding hydrogens is 442 g/mol. The number of carbonyl (C=O) groups excluding carboxylic acids is 2. The summed E-state index contributed by atoms with van der Waals surface area (Å²) in [6.45, 7) is 1.37. The summed E-state index contributed by atoms with van der Waals surface area (Å²) in [5.41, 5.74) is 4.10. The van der Waals surface area contributed by atoms with E-state index in [1.807, 2.05) is 29.2 Å². The summed E-state index contributed by atoms with van der Waals surface area (Å²) in [6.07, 6.45) is 0.683. The number of nitrogens with one attached hydrogen (secondary N) is 2. The number of hydrogen-bond donors (Lipinski definition) is 2. The molecule has 9 heteroatoms. The quantitative estimate of drug-likeness (QED) is 0.598. The van der Waals surface area contributed by atoms with Crippen molar-refractivity contribution >= 4 is 45.8 Å². The van der Waals surface area contributed by atoms with Gasteiger partial charge in [0, 0.05) is 55.3 Å². The van der Waals surface area contributed by atoms with Gasteiger partial charge in [-0.2, -0.15) is 0 Å². The highest BCUT2D eigenvalue weighted by atomic mass is 35.5. The molecule has 1 aliphatic heterocycles. The van der Waals surface area contributed by atoms with Gasteiger partial charge in [-0.25, -0.2) is 4.79 Å². The molecule has 0 spiro atoms. The molecule has 4 rings (SSSR count). The molecule has 1 aliphatic rings. The Labute approximate surface area is 197 Å². The third kappa shape index (κ3) is 4.72. The van der Waals surface area contributed by atoms with Crippen molar-refractivity contribution < 1.29 is 14.3 Å². The zero-order chi connectivity index (χ0) is 23.5. The molecule has 0 aliphatic carbocycles. The number of nitrogens with zero attached hydrogens (tertiary/aromatic N) is 3. The van der Waals surface area contributed by atoms with Gasteiger partial charge in [0.15, 0.2) is 0 Å². The highest BCUT2D eigenvalue weighted by molar-refractivity contribution is 6.31. The van der Waals surface area contributed by atoms with E-state index in [1.165, 1.54) is 0 Å². The predicted molar refractivity (Wildman–Crippen MR) is 130 cm³/mol. The van der Waals surface area contributed by atoms with E-state index in [2.05, 4.69) is 10.6 Å². The number of para-hydroxylation sites is 1. The minimum Gasteiger partial charge on any atom is -0.495 e. The highest BCUT2D eigenvalue weighted by Crippen LogP contribution is 2.35. The number of carbonyl (C=O) groups is 2. The van der Waals surface area contributed by atoms with E-state index in [0.29, 0.717) is 36.0 Å². The number of pyridine rings is 1. The summed E-state index contributed by atoms with van der Waals surface area (Å²) < 4.78 is 5.32. The minimum absolute atomic E-state index is 0.172. The molecule has 1 aromatic heterocycles. The van der Waals surface area contributed by atoms with Gasteiger partial charge >= 0.3 is 6.03 Å². The molecule has 3 amide bonds. The van der Waals surface area contributed by atoms with Gasteiger partial charge in [0.05, 0.1) is 30.5 Å². The molecular formula is C24H26ClN5O3. The lowest BCUT2D eigenvalue weighted by atomic mass is 9.99. The molecule has 0 bridgehead atoms. The number of aromatic nitrogens is 1. The largest absolute Gasteiger partial charge is 0.495 e. The molecule has 0 radical (unpaired) electrons. The van der Waals surface area contributed by atoms with Crippen LogP contribution in [0.3, 0.4) is 0 Å². The van der Waals surface area contributed by atoms with Crippen molar-refractivity contribution in [1.82, 2.24) is 15.2 Å². The van der Waals surface area contributed by atoms with E-state index in [9.17, 15) is 9.59 Å². The maximum absolute atomic E-state index is 12.8. The van der Waals surface area contributed by atoms with Gasteiger partial charge in [0.25, 0.3) is 0 Å². The molecule has 172 valence electrons. The van der Waals surface area contributed by atoms with E-state index in [0.717, 1.165) is 27.8 Å². The monoisotopic (exact) mass is 467 g/mol. The van der Waals surface area contributed by atoms with Crippen molar-refractivity contribution in [1.29, 1.82) is 0 Å². The normalized spacial score (nSPS) is 13.3. The van der Waals surface area contributed by atoms with Crippen LogP contribution in [0.4, 0.5) is 16.2 Å². The van der Waals surface area contributed by atoms with Gasteiger partial charge in [0.1, 0.15) is 5.75 Å². The molecule has 0 fully saturated rings. The first-order valence-electron chi connectivity index (χ1n) is 10.6. The van der Waals surface area contributed by atoms with E-state index >= 15 is 0 Å². The molecule has 2 N–H and O–H groups in total. The third-order valence-corrected chi connectivity index (χ3v) is 5.99. The number of anilines is 2. The van der Waals surface area contributed by atoms with Gasteiger partial charge in [0.2, 0.25) is 5.91 Å². The van der Waals surface area contributed by atoms with Crippen LogP contribution in [0.5, 0.6) is 5.75 Å². The lowest BCUT2D eigenvalue weighted by molar-refractivity contribution is -0.117. The summed E-state index contributed by atoms with van der Waals surface area (Å²) in [7, 11) is 4.90. The van der Waals surface area contributed by atoms with E-state index < -0.39 is 0 Å². The minimum atomic E-state index is -0.212. The molecule has 3 aromatic rings. The standard InChI is InChI=1S/C24H26ClN5O3/c1-26-24(32)29(2)23-16-6-4-5-7-18(16)27-19-10-11-30(13-17(19)23)14-22(31)28-20-12-15(25)8-9-21(20)33-3/h4-9,12H,10-11,13-14H2,1-3H3,(H,26,32)(H,28,31). The molecule has 0 saturated carbocycles. The zero-order valence-corrected chi connectivity index (χ0v) is 19.6. The van der Waals surface area contributed by atoms with Gasteiger partial charge in [-0.05, 0) is 24.3 Å².